The molecule has 0 fully saturated rings. The molecule has 6 nitrogen and oxygen atoms in total. The van der Waals surface area contributed by atoms with Crippen molar-refractivity contribution in [1.82, 2.24) is 5.32 Å². The van der Waals surface area contributed by atoms with E-state index in [0.717, 1.165) is 51.4 Å². The van der Waals surface area contributed by atoms with E-state index in [1.807, 2.05) is 0 Å². The molecule has 0 aliphatic rings. The number of carbonyl (C=O) groups is 2. The molecule has 1 amide bonds. The van der Waals surface area contributed by atoms with Crippen molar-refractivity contribution in [3.8, 4) is 0 Å². The molecule has 340 valence electrons. The van der Waals surface area contributed by atoms with Gasteiger partial charge in [0.2, 0.25) is 5.91 Å². The van der Waals surface area contributed by atoms with Gasteiger partial charge in [0.25, 0.3) is 0 Å². The molecule has 0 heterocycles. The Labute approximate surface area is 356 Å². The SMILES string of the molecule is CCCCCCCCCCCCCCCCCCC(=O)OCCCCCCCCCCCCCCCCC(=O)NC(CO)C(O)CCCCCCCCCCCC. The van der Waals surface area contributed by atoms with Crippen LogP contribution in [0.15, 0.2) is 0 Å². The van der Waals surface area contributed by atoms with E-state index in [4.69, 9.17) is 4.74 Å². The van der Waals surface area contributed by atoms with Crippen LogP contribution >= 0.6 is 0 Å². The fourth-order valence-corrected chi connectivity index (χ4v) is 8.17. The van der Waals surface area contributed by atoms with E-state index < -0.39 is 12.1 Å². The Balaban J connectivity index is 3.39. The molecule has 0 aliphatic heterocycles. The molecule has 57 heavy (non-hydrogen) atoms. The number of aliphatic hydroxyl groups excluding tert-OH is 2. The van der Waals surface area contributed by atoms with Gasteiger partial charge in [0.05, 0.1) is 25.4 Å². The summed E-state index contributed by atoms with van der Waals surface area (Å²) in [6.07, 6.45) is 52.2. The fraction of sp³-hybridized carbons (Fsp3) is 0.961. The van der Waals surface area contributed by atoms with Crippen molar-refractivity contribution in [3.63, 3.8) is 0 Å². The van der Waals surface area contributed by atoms with E-state index in [1.165, 1.54) is 205 Å². The summed E-state index contributed by atoms with van der Waals surface area (Å²) in [5.74, 6) is -0.0443. The van der Waals surface area contributed by atoms with Crippen LogP contribution in [-0.2, 0) is 14.3 Å². The molecule has 0 rings (SSSR count). The minimum atomic E-state index is -0.667. The van der Waals surface area contributed by atoms with Crippen LogP contribution in [0.1, 0.15) is 290 Å². The first-order chi connectivity index (χ1) is 28.0. The molecule has 2 unspecified atom stereocenters. The molecule has 0 saturated carbocycles. The van der Waals surface area contributed by atoms with Crippen molar-refractivity contribution in [1.29, 1.82) is 0 Å². The highest BCUT2D eigenvalue weighted by atomic mass is 16.5. The van der Waals surface area contributed by atoms with Crippen LogP contribution in [-0.4, -0.2) is 47.4 Å². The molecule has 0 aliphatic carbocycles. The van der Waals surface area contributed by atoms with Gasteiger partial charge in [-0.25, -0.2) is 0 Å². The van der Waals surface area contributed by atoms with Gasteiger partial charge >= 0.3 is 5.97 Å². The number of nitrogens with one attached hydrogen (secondary N) is 1. The van der Waals surface area contributed by atoms with E-state index in [9.17, 15) is 19.8 Å². The number of ether oxygens (including phenoxy) is 1. The summed E-state index contributed by atoms with van der Waals surface area (Å²) in [7, 11) is 0. The van der Waals surface area contributed by atoms with Gasteiger partial charge in [-0.15, -0.1) is 0 Å². The van der Waals surface area contributed by atoms with Gasteiger partial charge in [-0.3, -0.25) is 9.59 Å². The van der Waals surface area contributed by atoms with Crippen molar-refractivity contribution >= 4 is 11.9 Å². The zero-order chi connectivity index (χ0) is 41.5. The number of amides is 1. The lowest BCUT2D eigenvalue weighted by Crippen LogP contribution is -2.45. The molecule has 0 saturated heterocycles. The van der Waals surface area contributed by atoms with E-state index in [1.54, 1.807) is 0 Å². The summed E-state index contributed by atoms with van der Waals surface area (Å²) in [5.41, 5.74) is 0. The normalized spacial score (nSPS) is 12.6. The smallest absolute Gasteiger partial charge is 0.305 e. The maximum absolute atomic E-state index is 12.4. The summed E-state index contributed by atoms with van der Waals surface area (Å²) in [4.78, 5) is 24.4. The van der Waals surface area contributed by atoms with Gasteiger partial charge in [-0.1, -0.05) is 251 Å². The highest BCUT2D eigenvalue weighted by Crippen LogP contribution is 2.17. The van der Waals surface area contributed by atoms with E-state index in [2.05, 4.69) is 19.2 Å². The van der Waals surface area contributed by atoms with Crippen LogP contribution in [0.4, 0.5) is 0 Å². The number of aliphatic hydroxyl groups is 2. The first kappa shape index (κ1) is 55.9. The van der Waals surface area contributed by atoms with Crippen LogP contribution in [0, 0.1) is 0 Å². The summed E-state index contributed by atoms with van der Waals surface area (Å²) in [6.45, 7) is 4.93. The predicted octanol–water partition coefficient (Wildman–Crippen LogP) is 15.2. The van der Waals surface area contributed by atoms with Gasteiger partial charge in [0.15, 0.2) is 0 Å². The number of rotatable bonds is 48. The molecule has 6 heteroatoms. The van der Waals surface area contributed by atoms with E-state index in [-0.39, 0.29) is 18.5 Å². The van der Waals surface area contributed by atoms with Crippen LogP contribution in [0.25, 0.3) is 0 Å². The Morgan fingerprint density at radius 2 is 0.719 bits per heavy atom. The average molecular weight is 808 g/mol. The summed E-state index contributed by atoms with van der Waals surface area (Å²) >= 11 is 0. The third-order valence-corrected chi connectivity index (χ3v) is 12.2. The number of hydrogen-bond acceptors (Lipinski definition) is 5. The molecule has 0 radical (unpaired) electrons. The molecule has 2 atom stereocenters. The maximum atomic E-state index is 12.4. The second-order valence-electron chi connectivity index (χ2n) is 17.9. The maximum Gasteiger partial charge on any atom is 0.305 e. The highest BCUT2D eigenvalue weighted by Gasteiger charge is 2.20. The fourth-order valence-electron chi connectivity index (χ4n) is 8.17. The van der Waals surface area contributed by atoms with Crippen molar-refractivity contribution < 1.29 is 24.5 Å². The Bertz CT molecular complexity index is 806. The first-order valence-corrected chi connectivity index (χ1v) is 25.8. The molecular weight excluding hydrogens is 707 g/mol. The molecule has 0 spiro atoms. The molecule has 0 aromatic rings. The van der Waals surface area contributed by atoms with Gasteiger partial charge in [0.1, 0.15) is 0 Å². The van der Waals surface area contributed by atoms with Crippen molar-refractivity contribution in [2.75, 3.05) is 13.2 Å². The highest BCUT2D eigenvalue weighted by molar-refractivity contribution is 5.76. The minimum absolute atomic E-state index is 0.00151. The monoisotopic (exact) mass is 808 g/mol. The lowest BCUT2D eigenvalue weighted by atomic mass is 10.0. The van der Waals surface area contributed by atoms with Crippen LogP contribution < -0.4 is 5.32 Å². The quantitative estimate of drug-likeness (QED) is 0.0420. The number of carbonyl (C=O) groups excluding carboxylic acids is 2. The minimum Gasteiger partial charge on any atom is -0.466 e. The second-order valence-corrected chi connectivity index (χ2v) is 17.9. The average Bonchev–Trinajstić information content (AvgIpc) is 3.21. The predicted molar refractivity (Wildman–Crippen MR) is 246 cm³/mol. The third kappa shape index (κ3) is 44.2. The number of hydrogen-bond donors (Lipinski definition) is 3. The van der Waals surface area contributed by atoms with Crippen molar-refractivity contribution in [3.05, 3.63) is 0 Å². The topological polar surface area (TPSA) is 95.9 Å². The molecule has 0 bridgehead atoms. The van der Waals surface area contributed by atoms with Gasteiger partial charge < -0.3 is 20.3 Å². The lowest BCUT2D eigenvalue weighted by Gasteiger charge is -2.22. The Hall–Kier alpha value is -1.14. The summed E-state index contributed by atoms with van der Waals surface area (Å²) in [6, 6.07) is -0.546. The molecule has 0 aromatic heterocycles. The Kier molecular flexibility index (Phi) is 46.6. The van der Waals surface area contributed by atoms with E-state index >= 15 is 0 Å². The van der Waals surface area contributed by atoms with Crippen LogP contribution in [0.3, 0.4) is 0 Å². The lowest BCUT2D eigenvalue weighted by molar-refractivity contribution is -0.143. The van der Waals surface area contributed by atoms with Crippen molar-refractivity contribution in [2.24, 2.45) is 0 Å². The zero-order valence-corrected chi connectivity index (χ0v) is 38.6. The largest absolute Gasteiger partial charge is 0.466 e. The molecular formula is C51H101NO5. The number of esters is 1. The third-order valence-electron chi connectivity index (χ3n) is 12.2. The van der Waals surface area contributed by atoms with Crippen LogP contribution in [0.2, 0.25) is 0 Å². The van der Waals surface area contributed by atoms with E-state index in [0.29, 0.717) is 25.9 Å². The first-order valence-electron chi connectivity index (χ1n) is 25.8. The Morgan fingerprint density at radius 1 is 0.421 bits per heavy atom. The second kappa shape index (κ2) is 47.5. The zero-order valence-electron chi connectivity index (χ0n) is 38.6. The van der Waals surface area contributed by atoms with Crippen molar-refractivity contribution in [2.45, 2.75) is 302 Å². The Morgan fingerprint density at radius 3 is 1.07 bits per heavy atom. The summed E-state index contributed by atoms with van der Waals surface area (Å²) in [5, 5.41) is 23.1. The van der Waals surface area contributed by atoms with Gasteiger partial charge in [0, 0.05) is 12.8 Å². The number of unbranched alkanes of at least 4 members (excludes halogenated alkanes) is 37. The van der Waals surface area contributed by atoms with Crippen LogP contribution in [0.5, 0.6) is 0 Å². The molecule has 3 N–H and O–H groups in total. The molecule has 0 aromatic carbocycles. The standard InChI is InChI=1S/C51H101NO5/c1-3-5-7-9-11-13-15-16-17-18-22-25-29-33-37-41-45-51(56)57-46-42-38-34-30-26-23-20-19-21-24-28-32-36-40-44-50(55)52-48(47-53)49(54)43-39-35-31-27-14-12-10-8-6-4-2/h48-49,53-54H,3-47H2,1-2H3,(H,52,55). The van der Waals surface area contributed by atoms with Gasteiger partial charge in [-0.05, 0) is 25.7 Å². The summed E-state index contributed by atoms with van der Waals surface area (Å²) < 4.78 is 5.47. The van der Waals surface area contributed by atoms with Gasteiger partial charge in [-0.2, -0.15) is 0 Å².